The molecule has 10 heteroatoms. The molecule has 8 nitrogen and oxygen atoms in total. The minimum absolute atomic E-state index is 0.0811. The van der Waals surface area contributed by atoms with E-state index in [-0.39, 0.29) is 43.3 Å². The maximum absolute atomic E-state index is 14.1. The van der Waals surface area contributed by atoms with Gasteiger partial charge in [0, 0.05) is 19.4 Å². The number of ketones is 1. The minimum Gasteiger partial charge on any atom is -0.444 e. The van der Waals surface area contributed by atoms with Gasteiger partial charge in [0.15, 0.2) is 5.78 Å². The lowest BCUT2D eigenvalue weighted by atomic mass is 9.81. The number of carbonyl (C=O) groups is 4. The number of amides is 3. The molecule has 3 rings (SSSR count). The third-order valence-electron chi connectivity index (χ3n) is 8.80. The summed E-state index contributed by atoms with van der Waals surface area (Å²) in [6.07, 6.45) is 4.09. The number of nitrogens with one attached hydrogen (secondary N) is 2. The van der Waals surface area contributed by atoms with Gasteiger partial charge < -0.3 is 20.3 Å². The second-order valence-electron chi connectivity index (χ2n) is 12.5. The van der Waals surface area contributed by atoms with E-state index in [4.69, 9.17) is 4.74 Å². The van der Waals surface area contributed by atoms with E-state index in [9.17, 15) is 28.0 Å². The fourth-order valence-electron chi connectivity index (χ4n) is 5.84. The van der Waals surface area contributed by atoms with Gasteiger partial charge in [-0.15, -0.1) is 0 Å². The molecule has 2 aliphatic carbocycles. The molecule has 0 spiro atoms. The minimum atomic E-state index is -2.79. The van der Waals surface area contributed by atoms with Gasteiger partial charge in [-0.25, -0.2) is 13.6 Å². The van der Waals surface area contributed by atoms with Crippen molar-refractivity contribution in [2.75, 3.05) is 6.54 Å². The Bertz CT molecular complexity index is 897. The van der Waals surface area contributed by atoms with E-state index in [1.54, 1.807) is 13.8 Å². The van der Waals surface area contributed by atoms with Gasteiger partial charge in [0.1, 0.15) is 17.7 Å². The summed E-state index contributed by atoms with van der Waals surface area (Å²) in [6, 6.07) is -2.45. The highest BCUT2D eigenvalue weighted by Gasteiger charge is 2.47. The van der Waals surface area contributed by atoms with Gasteiger partial charge in [-0.1, -0.05) is 33.1 Å². The lowest BCUT2D eigenvalue weighted by molar-refractivity contribution is -0.143. The third kappa shape index (κ3) is 8.61. The molecule has 1 aliphatic heterocycles. The van der Waals surface area contributed by atoms with Crippen LogP contribution in [-0.4, -0.2) is 64.8 Å². The Hall–Kier alpha value is -2.26. The van der Waals surface area contributed by atoms with E-state index in [2.05, 4.69) is 10.6 Å². The maximum Gasteiger partial charge on any atom is 0.408 e. The fourth-order valence-corrected chi connectivity index (χ4v) is 5.84. The molecule has 0 aromatic carbocycles. The van der Waals surface area contributed by atoms with Crippen LogP contribution in [0.15, 0.2) is 0 Å². The number of alkyl halides is 2. The Balaban J connectivity index is 1.83. The molecule has 3 amide bonds. The average Bonchev–Trinajstić information content (AvgIpc) is 3.58. The highest BCUT2D eigenvalue weighted by Crippen LogP contribution is 2.39. The normalized spacial score (nSPS) is 25.1. The first kappa shape index (κ1) is 31.3. The lowest BCUT2D eigenvalue weighted by Crippen LogP contribution is -2.59. The topological polar surface area (TPSA) is 105 Å². The molecule has 222 valence electrons. The third-order valence-corrected chi connectivity index (χ3v) is 8.80. The number of carbonyl (C=O) groups excluding carboxylic acids is 4. The summed E-state index contributed by atoms with van der Waals surface area (Å²) in [4.78, 5) is 54.4. The van der Waals surface area contributed by atoms with Crippen LogP contribution in [0.2, 0.25) is 0 Å². The molecule has 0 radical (unpaired) electrons. The zero-order valence-corrected chi connectivity index (χ0v) is 24.2. The van der Waals surface area contributed by atoms with E-state index in [1.165, 1.54) is 11.8 Å². The Labute approximate surface area is 231 Å². The molecule has 3 unspecified atom stereocenters. The van der Waals surface area contributed by atoms with Gasteiger partial charge in [-0.3, -0.25) is 14.4 Å². The average molecular weight is 556 g/mol. The molecule has 1 saturated heterocycles. The summed E-state index contributed by atoms with van der Waals surface area (Å²) in [6.45, 7) is 9.20. The van der Waals surface area contributed by atoms with E-state index in [0.717, 1.165) is 25.7 Å². The smallest absolute Gasteiger partial charge is 0.408 e. The van der Waals surface area contributed by atoms with Crippen molar-refractivity contribution in [1.29, 1.82) is 0 Å². The Morgan fingerprint density at radius 2 is 1.67 bits per heavy atom. The predicted octanol–water partition coefficient (Wildman–Crippen LogP) is 4.99. The molecule has 1 heterocycles. The highest BCUT2D eigenvalue weighted by atomic mass is 19.3. The van der Waals surface area contributed by atoms with Gasteiger partial charge in [0.05, 0.1) is 6.04 Å². The molecule has 39 heavy (non-hydrogen) atoms. The standard InChI is InChI=1S/C29H47F2N3O5/c1-6-8-21-13-16-34(24(21)25(36)32-22(18(3)35)17-19-9-10-19)26(37)23(20-11-14-29(30,31)15-12-20)33-27(38)39-28(4,5)7-2/h19-24H,6-17H2,1-5H3,(H,32,36)(H,33,38)/t21-,22?,23?,24?/m0/s1. The van der Waals surface area contributed by atoms with E-state index in [1.807, 2.05) is 13.8 Å². The van der Waals surface area contributed by atoms with Crippen molar-refractivity contribution in [2.45, 2.75) is 135 Å². The first-order valence-electron chi connectivity index (χ1n) is 14.8. The van der Waals surface area contributed by atoms with Crippen LogP contribution in [0.3, 0.4) is 0 Å². The van der Waals surface area contributed by atoms with Crippen LogP contribution >= 0.6 is 0 Å². The van der Waals surface area contributed by atoms with Gasteiger partial charge in [-0.05, 0) is 77.0 Å². The molecule has 3 fully saturated rings. The summed E-state index contributed by atoms with van der Waals surface area (Å²) < 4.78 is 33.5. The van der Waals surface area contributed by atoms with Crippen molar-refractivity contribution < 1.29 is 32.7 Å². The molecule has 0 aromatic rings. The van der Waals surface area contributed by atoms with Crippen molar-refractivity contribution in [3.63, 3.8) is 0 Å². The summed E-state index contributed by atoms with van der Waals surface area (Å²) >= 11 is 0. The van der Waals surface area contributed by atoms with Crippen LogP contribution in [0, 0.1) is 17.8 Å². The molecule has 2 saturated carbocycles. The van der Waals surface area contributed by atoms with Crippen molar-refractivity contribution in [1.82, 2.24) is 15.5 Å². The van der Waals surface area contributed by atoms with Crippen LogP contribution < -0.4 is 10.6 Å². The number of rotatable bonds is 12. The molecule has 0 aromatic heterocycles. The summed E-state index contributed by atoms with van der Waals surface area (Å²) in [5.74, 6) is -3.86. The quantitative estimate of drug-likeness (QED) is 0.353. The van der Waals surface area contributed by atoms with Crippen LogP contribution in [0.25, 0.3) is 0 Å². The van der Waals surface area contributed by atoms with E-state index >= 15 is 0 Å². The molecule has 2 N–H and O–H groups in total. The first-order chi connectivity index (χ1) is 18.3. The van der Waals surface area contributed by atoms with E-state index < -0.39 is 47.6 Å². The zero-order chi connectivity index (χ0) is 29.0. The lowest BCUT2D eigenvalue weighted by Gasteiger charge is -2.37. The van der Waals surface area contributed by atoms with Crippen molar-refractivity contribution in [3.8, 4) is 0 Å². The molecular formula is C29H47F2N3O5. The van der Waals surface area contributed by atoms with Crippen LogP contribution in [0.1, 0.15) is 105 Å². The number of halogens is 2. The van der Waals surface area contributed by atoms with Crippen molar-refractivity contribution in [2.24, 2.45) is 17.8 Å². The van der Waals surface area contributed by atoms with Gasteiger partial charge in [-0.2, -0.15) is 0 Å². The number of likely N-dealkylation sites (tertiary alicyclic amines) is 1. The Morgan fingerprint density at radius 3 is 2.21 bits per heavy atom. The number of alkyl carbamates (subject to hydrolysis) is 1. The highest BCUT2D eigenvalue weighted by molar-refractivity contribution is 5.94. The van der Waals surface area contributed by atoms with Crippen molar-refractivity contribution >= 4 is 23.7 Å². The largest absolute Gasteiger partial charge is 0.444 e. The number of Topliss-reactive ketones (excluding diaryl/α,β-unsaturated/α-hetero) is 1. The monoisotopic (exact) mass is 555 g/mol. The second kappa shape index (κ2) is 12.9. The number of hydrogen-bond acceptors (Lipinski definition) is 5. The first-order valence-corrected chi connectivity index (χ1v) is 14.8. The molecule has 0 bridgehead atoms. The number of hydrogen-bond donors (Lipinski definition) is 2. The molecule has 3 aliphatic rings. The SMILES string of the molecule is CCC[C@H]1CCN(C(=O)C(NC(=O)OC(C)(C)CC)C2CCC(F)(F)CC2)C1C(=O)NC(CC1CC1)C(C)=O. The number of nitrogens with zero attached hydrogens (tertiary/aromatic N) is 1. The molecule has 4 atom stereocenters. The predicted molar refractivity (Wildman–Crippen MR) is 143 cm³/mol. The van der Waals surface area contributed by atoms with Crippen LogP contribution in [-0.2, 0) is 19.1 Å². The van der Waals surface area contributed by atoms with Gasteiger partial charge in [0.25, 0.3) is 0 Å². The summed E-state index contributed by atoms with van der Waals surface area (Å²) in [7, 11) is 0. The molecular weight excluding hydrogens is 508 g/mol. The van der Waals surface area contributed by atoms with E-state index in [0.29, 0.717) is 31.7 Å². The number of ether oxygens (including phenoxy) is 1. The second-order valence-corrected chi connectivity index (χ2v) is 12.5. The summed E-state index contributed by atoms with van der Waals surface area (Å²) in [5, 5.41) is 5.62. The maximum atomic E-state index is 14.1. The van der Waals surface area contributed by atoms with Crippen LogP contribution in [0.4, 0.5) is 13.6 Å². The van der Waals surface area contributed by atoms with Crippen LogP contribution in [0.5, 0.6) is 0 Å². The summed E-state index contributed by atoms with van der Waals surface area (Å²) in [5.41, 5.74) is -0.761. The Morgan fingerprint density at radius 1 is 1.03 bits per heavy atom. The van der Waals surface area contributed by atoms with Gasteiger partial charge >= 0.3 is 6.09 Å². The van der Waals surface area contributed by atoms with Crippen molar-refractivity contribution in [3.05, 3.63) is 0 Å². The Kier molecular flexibility index (Phi) is 10.4. The van der Waals surface area contributed by atoms with Gasteiger partial charge in [0.2, 0.25) is 17.7 Å². The zero-order valence-electron chi connectivity index (χ0n) is 24.2. The fraction of sp³-hybridized carbons (Fsp3) is 0.862.